The lowest BCUT2D eigenvalue weighted by atomic mass is 10.1. The Morgan fingerprint density at radius 2 is 1.92 bits per heavy atom. The zero-order valence-corrected chi connectivity index (χ0v) is 14.1. The van der Waals surface area contributed by atoms with Gasteiger partial charge in [0, 0.05) is 11.8 Å². The molecule has 0 radical (unpaired) electrons. The molecule has 0 atom stereocenters. The molecule has 0 saturated carbocycles. The third-order valence-corrected chi connectivity index (χ3v) is 3.65. The van der Waals surface area contributed by atoms with E-state index >= 15 is 0 Å². The molecule has 2 aromatic carbocycles. The van der Waals surface area contributed by atoms with E-state index in [9.17, 15) is 13.6 Å². The van der Waals surface area contributed by atoms with Crippen molar-refractivity contribution in [1.29, 1.82) is 0 Å². The molecule has 0 aliphatic carbocycles. The number of halogens is 2. The van der Waals surface area contributed by atoms with E-state index in [4.69, 9.17) is 12.2 Å². The third kappa shape index (κ3) is 4.26. The average molecular weight is 349 g/mol. The van der Waals surface area contributed by atoms with E-state index in [-0.39, 0.29) is 10.7 Å². The number of anilines is 1. The lowest BCUT2D eigenvalue weighted by Crippen LogP contribution is -2.44. The number of aryl methyl sites for hydroxylation is 2. The molecule has 0 aliphatic rings. The molecule has 2 rings (SSSR count). The molecule has 1 amide bonds. The van der Waals surface area contributed by atoms with Crippen LogP contribution < -0.4 is 16.2 Å². The number of nitrogens with one attached hydrogen (secondary N) is 3. The summed E-state index contributed by atoms with van der Waals surface area (Å²) in [6.07, 6.45) is 0.819. The van der Waals surface area contributed by atoms with Gasteiger partial charge in [0.1, 0.15) is 11.6 Å². The molecule has 24 heavy (non-hydrogen) atoms. The van der Waals surface area contributed by atoms with Crippen molar-refractivity contribution in [3.63, 3.8) is 0 Å². The predicted octanol–water partition coefficient (Wildman–Crippen LogP) is 3.47. The lowest BCUT2D eigenvalue weighted by Gasteiger charge is -2.16. The van der Waals surface area contributed by atoms with Crippen LogP contribution in [-0.4, -0.2) is 11.0 Å². The van der Waals surface area contributed by atoms with Crippen LogP contribution in [0.4, 0.5) is 14.5 Å². The molecule has 0 saturated heterocycles. The fourth-order valence-electron chi connectivity index (χ4n) is 2.20. The van der Waals surface area contributed by atoms with Gasteiger partial charge >= 0.3 is 0 Å². The van der Waals surface area contributed by atoms with E-state index in [1.165, 1.54) is 0 Å². The predicted molar refractivity (Wildman–Crippen MR) is 93.7 cm³/mol. The summed E-state index contributed by atoms with van der Waals surface area (Å²) in [6, 6.07) is 8.59. The number of thiocarbonyl (C=S) groups is 1. The first-order chi connectivity index (χ1) is 11.4. The first-order valence-corrected chi connectivity index (χ1v) is 7.74. The van der Waals surface area contributed by atoms with Gasteiger partial charge in [-0.25, -0.2) is 8.78 Å². The minimum Gasteiger partial charge on any atom is -0.331 e. The van der Waals surface area contributed by atoms with Gasteiger partial charge in [-0.2, -0.15) is 0 Å². The highest BCUT2D eigenvalue weighted by atomic mass is 32.1. The average Bonchev–Trinajstić information content (AvgIpc) is 2.54. The largest absolute Gasteiger partial charge is 0.331 e. The topological polar surface area (TPSA) is 53.2 Å². The molecule has 0 spiro atoms. The number of benzene rings is 2. The maximum atomic E-state index is 13.5. The van der Waals surface area contributed by atoms with Crippen molar-refractivity contribution >= 4 is 28.9 Å². The number of para-hydroxylation sites is 1. The van der Waals surface area contributed by atoms with Crippen LogP contribution in [0.25, 0.3) is 0 Å². The zero-order chi connectivity index (χ0) is 17.7. The van der Waals surface area contributed by atoms with Gasteiger partial charge in [0.2, 0.25) is 0 Å². The molecule has 0 bridgehead atoms. The van der Waals surface area contributed by atoms with E-state index in [0.717, 1.165) is 35.4 Å². The number of hydrogen-bond acceptors (Lipinski definition) is 2. The maximum Gasteiger partial charge on any atom is 0.272 e. The smallest absolute Gasteiger partial charge is 0.272 e. The second-order valence-corrected chi connectivity index (χ2v) is 5.53. The number of hydrazine groups is 1. The van der Waals surface area contributed by atoms with Crippen molar-refractivity contribution in [1.82, 2.24) is 10.9 Å². The maximum absolute atomic E-state index is 13.5. The number of amides is 1. The van der Waals surface area contributed by atoms with Gasteiger partial charge < -0.3 is 5.32 Å². The SMILES string of the molecule is CCc1cccc(C)c1NC(=S)NNC(=O)c1ccc(F)cc1F. The van der Waals surface area contributed by atoms with E-state index in [0.29, 0.717) is 6.07 Å². The Labute approximate surface area is 144 Å². The molecule has 0 fully saturated rings. The van der Waals surface area contributed by atoms with Crippen LogP contribution >= 0.6 is 12.2 Å². The van der Waals surface area contributed by atoms with Gasteiger partial charge in [-0.1, -0.05) is 25.1 Å². The van der Waals surface area contributed by atoms with Gasteiger partial charge in [0.15, 0.2) is 5.11 Å². The molecule has 0 aliphatic heterocycles. The van der Waals surface area contributed by atoms with Crippen molar-refractivity contribution in [2.45, 2.75) is 20.3 Å². The van der Waals surface area contributed by atoms with Crippen LogP contribution in [0, 0.1) is 18.6 Å². The van der Waals surface area contributed by atoms with Gasteiger partial charge in [-0.15, -0.1) is 0 Å². The molecule has 3 N–H and O–H groups in total. The van der Waals surface area contributed by atoms with Crippen molar-refractivity contribution < 1.29 is 13.6 Å². The van der Waals surface area contributed by atoms with E-state index in [1.807, 2.05) is 32.0 Å². The quantitative estimate of drug-likeness (QED) is 0.587. The van der Waals surface area contributed by atoms with Gasteiger partial charge in [0.25, 0.3) is 5.91 Å². The van der Waals surface area contributed by atoms with Crippen LogP contribution in [0.5, 0.6) is 0 Å². The fourth-order valence-corrected chi connectivity index (χ4v) is 2.35. The summed E-state index contributed by atoms with van der Waals surface area (Å²) in [5.41, 5.74) is 7.46. The van der Waals surface area contributed by atoms with Crippen molar-refractivity contribution in [2.24, 2.45) is 0 Å². The molecule has 4 nitrogen and oxygen atoms in total. The summed E-state index contributed by atoms with van der Waals surface area (Å²) in [5, 5.41) is 3.17. The molecule has 0 unspecified atom stereocenters. The van der Waals surface area contributed by atoms with Crippen LogP contribution in [0.3, 0.4) is 0 Å². The Kier molecular flexibility index (Phi) is 5.81. The van der Waals surface area contributed by atoms with Crippen LogP contribution in [-0.2, 0) is 6.42 Å². The minimum absolute atomic E-state index is 0.162. The number of hydrogen-bond donors (Lipinski definition) is 3. The molecule has 7 heteroatoms. The van der Waals surface area contributed by atoms with E-state index in [1.54, 1.807) is 0 Å². The summed E-state index contributed by atoms with van der Waals surface area (Å²) in [7, 11) is 0. The lowest BCUT2D eigenvalue weighted by molar-refractivity contribution is 0.0940. The van der Waals surface area contributed by atoms with Crippen molar-refractivity contribution in [3.8, 4) is 0 Å². The summed E-state index contributed by atoms with van der Waals surface area (Å²) in [4.78, 5) is 11.9. The highest BCUT2D eigenvalue weighted by Crippen LogP contribution is 2.20. The standard InChI is InChI=1S/C17H17F2N3OS/c1-3-11-6-4-5-10(2)15(11)20-17(24)22-21-16(23)13-8-7-12(18)9-14(13)19/h4-9H,3H2,1-2H3,(H,21,23)(H2,20,22,24). The third-order valence-electron chi connectivity index (χ3n) is 3.44. The monoisotopic (exact) mass is 349 g/mol. The van der Waals surface area contributed by atoms with Crippen LogP contribution in [0.1, 0.15) is 28.4 Å². The van der Waals surface area contributed by atoms with Gasteiger partial charge in [-0.05, 0) is 48.8 Å². The van der Waals surface area contributed by atoms with Crippen molar-refractivity contribution in [2.75, 3.05) is 5.32 Å². The first-order valence-electron chi connectivity index (χ1n) is 7.33. The Hall–Kier alpha value is -2.54. The molecule has 2 aromatic rings. The van der Waals surface area contributed by atoms with Gasteiger partial charge in [0.05, 0.1) is 5.56 Å². The molecule has 126 valence electrons. The Morgan fingerprint density at radius 3 is 2.58 bits per heavy atom. The first kappa shape index (κ1) is 17.8. The highest BCUT2D eigenvalue weighted by molar-refractivity contribution is 7.80. The van der Waals surface area contributed by atoms with Crippen LogP contribution in [0.2, 0.25) is 0 Å². The number of carbonyl (C=O) groups is 1. The number of carbonyl (C=O) groups excluding carboxylic acids is 1. The second-order valence-electron chi connectivity index (χ2n) is 5.12. The molecular formula is C17H17F2N3OS. The number of rotatable bonds is 3. The summed E-state index contributed by atoms with van der Waals surface area (Å²) in [6.45, 7) is 3.96. The summed E-state index contributed by atoms with van der Waals surface area (Å²) < 4.78 is 26.4. The Bertz CT molecular complexity index is 780. The van der Waals surface area contributed by atoms with Gasteiger partial charge in [-0.3, -0.25) is 15.6 Å². The Balaban J connectivity index is 2.00. The summed E-state index contributed by atoms with van der Waals surface area (Å²) in [5.74, 6) is -2.45. The fraction of sp³-hybridized carbons (Fsp3) is 0.176. The summed E-state index contributed by atoms with van der Waals surface area (Å²) >= 11 is 5.13. The Morgan fingerprint density at radius 1 is 1.17 bits per heavy atom. The van der Waals surface area contributed by atoms with E-state index < -0.39 is 17.5 Å². The minimum atomic E-state index is -0.944. The van der Waals surface area contributed by atoms with Crippen LogP contribution in [0.15, 0.2) is 36.4 Å². The van der Waals surface area contributed by atoms with Crippen molar-refractivity contribution in [3.05, 3.63) is 64.7 Å². The molecule has 0 aromatic heterocycles. The highest BCUT2D eigenvalue weighted by Gasteiger charge is 2.13. The second kappa shape index (κ2) is 7.83. The normalized spacial score (nSPS) is 10.2. The van der Waals surface area contributed by atoms with E-state index in [2.05, 4.69) is 16.2 Å². The zero-order valence-electron chi connectivity index (χ0n) is 13.2. The molecule has 0 heterocycles. The molecular weight excluding hydrogens is 332 g/mol.